The number of hydrogen-bond donors (Lipinski definition) is 3. The van der Waals surface area contributed by atoms with Crippen molar-refractivity contribution in [3.05, 3.63) is 46.7 Å². The summed E-state index contributed by atoms with van der Waals surface area (Å²) in [5.41, 5.74) is 3.14. The first-order valence-electron chi connectivity index (χ1n) is 11.1. The van der Waals surface area contributed by atoms with Gasteiger partial charge in [0, 0.05) is 53.4 Å². The van der Waals surface area contributed by atoms with Crippen molar-refractivity contribution in [3.8, 4) is 11.8 Å². The third kappa shape index (κ3) is 4.21. The molecule has 0 unspecified atom stereocenters. The van der Waals surface area contributed by atoms with Crippen molar-refractivity contribution < 1.29 is 9.47 Å². The van der Waals surface area contributed by atoms with Crippen LogP contribution < -0.4 is 15.0 Å². The summed E-state index contributed by atoms with van der Waals surface area (Å²) in [6.45, 7) is 4.80. The number of ether oxygens (including phenoxy) is 2. The fraction of sp³-hybridized carbons (Fsp3) is 0.348. The molecule has 170 valence electrons. The van der Waals surface area contributed by atoms with Crippen molar-refractivity contribution in [1.29, 1.82) is 0 Å². The maximum Gasteiger partial charge on any atom is 0.325 e. The lowest BCUT2D eigenvalue weighted by Gasteiger charge is -2.28. The molecule has 0 atom stereocenters. The molecule has 9 nitrogen and oxygen atoms in total. The first kappa shape index (κ1) is 20.3. The summed E-state index contributed by atoms with van der Waals surface area (Å²) < 4.78 is 11.6. The largest absolute Gasteiger partial charge is 0.423 e. The molecular formula is C23H24ClN7O2. The number of nitrogens with zero attached hydrogens (tertiary/aromatic N) is 4. The van der Waals surface area contributed by atoms with E-state index >= 15 is 0 Å². The van der Waals surface area contributed by atoms with Crippen LogP contribution >= 0.6 is 11.6 Å². The van der Waals surface area contributed by atoms with Crippen LogP contribution in [0, 0.1) is 6.92 Å². The van der Waals surface area contributed by atoms with Crippen LogP contribution in [0.25, 0.3) is 10.9 Å². The Morgan fingerprint density at radius 3 is 2.79 bits per heavy atom. The Balaban J connectivity index is 1.33. The molecule has 4 heterocycles. The van der Waals surface area contributed by atoms with E-state index < -0.39 is 0 Å². The minimum Gasteiger partial charge on any atom is -0.423 e. The van der Waals surface area contributed by atoms with E-state index in [0.717, 1.165) is 47.0 Å². The SMILES string of the molecule is Cc1cc2c(Cl)c(Oc3nc(Nc4cc(C5CC5)[nH]n4)cc(N4CCOCC4)n3)ccc2[nH]1. The van der Waals surface area contributed by atoms with Crippen LogP contribution in [-0.2, 0) is 4.74 Å². The quantitative estimate of drug-likeness (QED) is 0.372. The average molecular weight is 466 g/mol. The topological polar surface area (TPSA) is 104 Å². The predicted molar refractivity (Wildman–Crippen MR) is 127 cm³/mol. The number of benzene rings is 1. The van der Waals surface area contributed by atoms with Crippen molar-refractivity contribution in [3.63, 3.8) is 0 Å². The fourth-order valence-corrected chi connectivity index (χ4v) is 4.34. The summed E-state index contributed by atoms with van der Waals surface area (Å²) >= 11 is 6.64. The van der Waals surface area contributed by atoms with Crippen LogP contribution in [0.4, 0.5) is 17.5 Å². The van der Waals surface area contributed by atoms with Gasteiger partial charge in [0.05, 0.1) is 18.2 Å². The monoisotopic (exact) mass is 465 g/mol. The van der Waals surface area contributed by atoms with E-state index in [1.807, 2.05) is 37.3 Å². The lowest BCUT2D eigenvalue weighted by molar-refractivity contribution is 0.122. The lowest BCUT2D eigenvalue weighted by Crippen LogP contribution is -2.36. The van der Waals surface area contributed by atoms with E-state index in [9.17, 15) is 0 Å². The van der Waals surface area contributed by atoms with Crippen molar-refractivity contribution >= 4 is 40.0 Å². The summed E-state index contributed by atoms with van der Waals surface area (Å²) in [6, 6.07) is 9.93. The number of nitrogens with one attached hydrogen (secondary N) is 3. The van der Waals surface area contributed by atoms with Gasteiger partial charge < -0.3 is 24.7 Å². The first-order chi connectivity index (χ1) is 16.1. The van der Waals surface area contributed by atoms with E-state index in [-0.39, 0.29) is 6.01 Å². The number of anilines is 3. The molecule has 1 aliphatic carbocycles. The van der Waals surface area contributed by atoms with Gasteiger partial charge >= 0.3 is 6.01 Å². The molecular weight excluding hydrogens is 442 g/mol. The number of hydrogen-bond acceptors (Lipinski definition) is 7. The van der Waals surface area contributed by atoms with Gasteiger partial charge in [0.25, 0.3) is 0 Å². The second-order valence-corrected chi connectivity index (χ2v) is 8.87. The minimum absolute atomic E-state index is 0.216. The van der Waals surface area contributed by atoms with E-state index in [2.05, 4.69) is 35.4 Å². The molecule has 1 aromatic carbocycles. The van der Waals surface area contributed by atoms with Gasteiger partial charge in [-0.15, -0.1) is 0 Å². The number of aryl methyl sites for hydroxylation is 1. The Bertz CT molecular complexity index is 1310. The van der Waals surface area contributed by atoms with Crippen LogP contribution in [0.15, 0.2) is 30.3 Å². The normalized spacial score (nSPS) is 16.4. The Kier molecular flexibility index (Phi) is 5.07. The predicted octanol–water partition coefficient (Wildman–Crippen LogP) is 4.89. The first-order valence-corrected chi connectivity index (χ1v) is 11.5. The molecule has 0 amide bonds. The summed E-state index contributed by atoms with van der Waals surface area (Å²) in [7, 11) is 0. The van der Waals surface area contributed by atoms with Gasteiger partial charge in [0.15, 0.2) is 5.82 Å². The zero-order valence-electron chi connectivity index (χ0n) is 18.2. The van der Waals surface area contributed by atoms with E-state index in [1.165, 1.54) is 12.8 Å². The molecule has 0 radical (unpaired) electrons. The van der Waals surface area contributed by atoms with Gasteiger partial charge in [0.2, 0.25) is 0 Å². The highest BCUT2D eigenvalue weighted by Crippen LogP contribution is 2.40. The Morgan fingerprint density at radius 1 is 1.12 bits per heavy atom. The van der Waals surface area contributed by atoms with Gasteiger partial charge in [-0.1, -0.05) is 11.6 Å². The second-order valence-electron chi connectivity index (χ2n) is 8.49. The van der Waals surface area contributed by atoms with Gasteiger partial charge in [-0.25, -0.2) is 0 Å². The molecule has 33 heavy (non-hydrogen) atoms. The van der Waals surface area contributed by atoms with Crippen molar-refractivity contribution in [2.24, 2.45) is 0 Å². The maximum atomic E-state index is 6.64. The zero-order chi connectivity index (χ0) is 22.4. The Labute approximate surface area is 195 Å². The molecule has 3 aromatic heterocycles. The highest BCUT2D eigenvalue weighted by molar-refractivity contribution is 6.37. The minimum atomic E-state index is 0.216. The summed E-state index contributed by atoms with van der Waals surface area (Å²) in [5.74, 6) is 3.18. The molecule has 1 aliphatic heterocycles. The molecule has 0 bridgehead atoms. The molecule has 3 N–H and O–H groups in total. The van der Waals surface area contributed by atoms with Gasteiger partial charge in [-0.05, 0) is 38.0 Å². The zero-order valence-corrected chi connectivity index (χ0v) is 18.9. The van der Waals surface area contributed by atoms with Crippen LogP contribution in [-0.4, -0.2) is 51.5 Å². The molecule has 2 aliphatic rings. The molecule has 2 fully saturated rings. The number of H-pyrrole nitrogens is 2. The summed E-state index contributed by atoms with van der Waals surface area (Å²) in [5, 5.41) is 12.2. The Hall–Kier alpha value is -3.30. The molecule has 6 rings (SSSR count). The molecule has 10 heteroatoms. The van der Waals surface area contributed by atoms with Crippen molar-refractivity contribution in [2.45, 2.75) is 25.7 Å². The standard InChI is InChI=1S/C23H24ClN7O2/c1-13-10-15-16(25-13)4-5-18(22(15)24)33-23-27-19(12-21(28-23)31-6-8-32-9-7-31)26-20-11-17(29-30-20)14-2-3-14/h4-5,10-12,14,25H,2-3,6-9H2,1H3,(H2,26,27,28,29,30). The third-order valence-corrected chi connectivity index (χ3v) is 6.33. The highest BCUT2D eigenvalue weighted by atomic mass is 35.5. The number of halogens is 1. The van der Waals surface area contributed by atoms with Gasteiger partial charge in [0.1, 0.15) is 17.4 Å². The van der Waals surface area contributed by atoms with Crippen molar-refractivity contribution in [1.82, 2.24) is 25.1 Å². The highest BCUT2D eigenvalue weighted by Gasteiger charge is 2.25. The smallest absolute Gasteiger partial charge is 0.325 e. The van der Waals surface area contributed by atoms with E-state index in [1.54, 1.807) is 0 Å². The number of aromatic amines is 2. The van der Waals surface area contributed by atoms with E-state index in [0.29, 0.717) is 35.7 Å². The van der Waals surface area contributed by atoms with Crippen LogP contribution in [0.5, 0.6) is 11.8 Å². The van der Waals surface area contributed by atoms with Gasteiger partial charge in [-0.2, -0.15) is 15.1 Å². The molecule has 4 aromatic rings. The van der Waals surface area contributed by atoms with E-state index in [4.69, 9.17) is 21.1 Å². The third-order valence-electron chi connectivity index (χ3n) is 5.94. The van der Waals surface area contributed by atoms with Crippen LogP contribution in [0.2, 0.25) is 5.02 Å². The maximum absolute atomic E-state index is 6.64. The lowest BCUT2D eigenvalue weighted by atomic mass is 10.2. The van der Waals surface area contributed by atoms with Crippen LogP contribution in [0.3, 0.4) is 0 Å². The summed E-state index contributed by atoms with van der Waals surface area (Å²) in [6.07, 6.45) is 2.42. The average Bonchev–Trinajstić information content (AvgIpc) is 3.45. The van der Waals surface area contributed by atoms with Gasteiger partial charge in [-0.3, -0.25) is 5.10 Å². The number of morpholine rings is 1. The number of aromatic nitrogens is 5. The Morgan fingerprint density at radius 2 is 1.97 bits per heavy atom. The fourth-order valence-electron chi connectivity index (χ4n) is 4.08. The molecule has 1 saturated carbocycles. The number of fused-ring (bicyclic) bond motifs is 1. The number of rotatable bonds is 6. The van der Waals surface area contributed by atoms with Crippen LogP contribution in [0.1, 0.15) is 30.1 Å². The second kappa shape index (κ2) is 8.24. The molecule has 1 saturated heterocycles. The van der Waals surface area contributed by atoms with Crippen molar-refractivity contribution in [2.75, 3.05) is 36.5 Å². The summed E-state index contributed by atoms with van der Waals surface area (Å²) in [4.78, 5) is 14.7. The molecule has 0 spiro atoms.